The predicted molar refractivity (Wildman–Crippen MR) is 96.8 cm³/mol. The van der Waals surface area contributed by atoms with Gasteiger partial charge in [-0.1, -0.05) is 6.07 Å². The van der Waals surface area contributed by atoms with Crippen molar-refractivity contribution in [3.63, 3.8) is 0 Å². The van der Waals surface area contributed by atoms with Gasteiger partial charge in [-0.25, -0.2) is 8.42 Å². The summed E-state index contributed by atoms with van der Waals surface area (Å²) in [7, 11) is -3.52. The van der Waals surface area contributed by atoms with E-state index in [1.807, 2.05) is 0 Å². The summed E-state index contributed by atoms with van der Waals surface area (Å²) in [5.74, 6) is -0.254. The van der Waals surface area contributed by atoms with Crippen LogP contribution in [-0.4, -0.2) is 54.6 Å². The fourth-order valence-electron chi connectivity index (χ4n) is 2.84. The summed E-state index contributed by atoms with van der Waals surface area (Å²) in [4.78, 5) is 24.6. The SMILES string of the molecule is Cc1cc(C(=O)N2CCN(S(=O)(=O)c3cccs3)CC2)ccc1[N+](=O)[O-]. The van der Waals surface area contributed by atoms with E-state index in [1.165, 1.54) is 33.8 Å². The first kappa shape index (κ1) is 18.5. The Balaban J connectivity index is 1.69. The van der Waals surface area contributed by atoms with E-state index >= 15 is 0 Å². The fourth-order valence-corrected chi connectivity index (χ4v) is 5.41. The van der Waals surface area contributed by atoms with E-state index < -0.39 is 14.9 Å². The zero-order chi connectivity index (χ0) is 18.9. The fraction of sp³-hybridized carbons (Fsp3) is 0.312. The van der Waals surface area contributed by atoms with Crippen LogP contribution in [0.25, 0.3) is 0 Å². The lowest BCUT2D eigenvalue weighted by Gasteiger charge is -2.33. The molecular formula is C16H17N3O5S2. The van der Waals surface area contributed by atoms with Crippen molar-refractivity contribution < 1.29 is 18.1 Å². The van der Waals surface area contributed by atoms with Gasteiger partial charge in [0, 0.05) is 43.4 Å². The van der Waals surface area contributed by atoms with Gasteiger partial charge >= 0.3 is 0 Å². The maximum atomic E-state index is 12.6. The smallest absolute Gasteiger partial charge is 0.272 e. The number of rotatable bonds is 4. The van der Waals surface area contributed by atoms with Gasteiger partial charge in [0.1, 0.15) is 4.21 Å². The average Bonchev–Trinajstić information content (AvgIpc) is 3.16. The van der Waals surface area contributed by atoms with E-state index in [4.69, 9.17) is 0 Å². The van der Waals surface area contributed by atoms with Crippen molar-refractivity contribution in [2.45, 2.75) is 11.1 Å². The Morgan fingerprint density at radius 2 is 1.88 bits per heavy atom. The Morgan fingerprint density at radius 1 is 1.19 bits per heavy atom. The number of benzene rings is 1. The van der Waals surface area contributed by atoms with Gasteiger partial charge in [0.15, 0.2) is 0 Å². The number of nitrogens with zero attached hydrogens (tertiary/aromatic N) is 3. The van der Waals surface area contributed by atoms with Crippen molar-refractivity contribution >= 4 is 33.0 Å². The van der Waals surface area contributed by atoms with Crippen molar-refractivity contribution in [2.75, 3.05) is 26.2 Å². The maximum Gasteiger partial charge on any atom is 0.272 e. The Hall–Kier alpha value is -2.30. The zero-order valence-corrected chi connectivity index (χ0v) is 15.6. The van der Waals surface area contributed by atoms with Crippen LogP contribution < -0.4 is 0 Å². The summed E-state index contributed by atoms with van der Waals surface area (Å²) in [6.07, 6.45) is 0. The van der Waals surface area contributed by atoms with Gasteiger partial charge in [0.2, 0.25) is 0 Å². The molecule has 138 valence electrons. The van der Waals surface area contributed by atoms with Crippen LogP contribution in [0, 0.1) is 17.0 Å². The molecule has 1 aromatic heterocycles. The molecule has 1 aliphatic rings. The van der Waals surface area contributed by atoms with Crippen molar-refractivity contribution in [3.05, 3.63) is 57.0 Å². The zero-order valence-electron chi connectivity index (χ0n) is 14.0. The molecule has 0 bridgehead atoms. The van der Waals surface area contributed by atoms with Gasteiger partial charge in [0.25, 0.3) is 21.6 Å². The molecular weight excluding hydrogens is 378 g/mol. The van der Waals surface area contributed by atoms with Crippen molar-refractivity contribution in [3.8, 4) is 0 Å². The minimum atomic E-state index is -3.52. The molecule has 0 spiro atoms. The number of aryl methyl sites for hydroxylation is 1. The first-order valence-corrected chi connectivity index (χ1v) is 10.2. The summed E-state index contributed by atoms with van der Waals surface area (Å²) >= 11 is 1.17. The van der Waals surface area contributed by atoms with Crippen LogP contribution in [0.1, 0.15) is 15.9 Å². The summed E-state index contributed by atoms with van der Waals surface area (Å²) in [6.45, 7) is 2.58. The second kappa shape index (κ2) is 7.14. The highest BCUT2D eigenvalue weighted by Crippen LogP contribution is 2.23. The Labute approximate surface area is 154 Å². The molecule has 8 nitrogen and oxygen atoms in total. The van der Waals surface area contributed by atoms with Gasteiger partial charge < -0.3 is 4.90 Å². The number of amides is 1. The predicted octanol–water partition coefficient (Wildman–Crippen LogP) is 2.11. The van der Waals surface area contributed by atoms with Gasteiger partial charge in [-0.3, -0.25) is 14.9 Å². The molecule has 0 aliphatic carbocycles. The molecule has 10 heteroatoms. The molecule has 0 N–H and O–H groups in total. The van der Waals surface area contributed by atoms with Crippen LogP contribution in [0.2, 0.25) is 0 Å². The van der Waals surface area contributed by atoms with E-state index in [0.717, 1.165) is 0 Å². The number of carbonyl (C=O) groups excluding carboxylic acids is 1. The molecule has 0 saturated carbocycles. The Bertz CT molecular complexity index is 933. The van der Waals surface area contributed by atoms with Crippen molar-refractivity contribution in [1.82, 2.24) is 9.21 Å². The molecule has 1 saturated heterocycles. The standard InChI is InChI=1S/C16H17N3O5S2/c1-12-11-13(4-5-14(12)19(21)22)16(20)17-6-8-18(9-7-17)26(23,24)15-3-2-10-25-15/h2-5,10-11H,6-9H2,1H3. The minimum Gasteiger partial charge on any atom is -0.336 e. The third-order valence-corrected chi connectivity index (χ3v) is 7.53. The normalized spacial score (nSPS) is 15.8. The lowest BCUT2D eigenvalue weighted by Crippen LogP contribution is -2.50. The number of hydrogen-bond acceptors (Lipinski definition) is 6. The average molecular weight is 395 g/mol. The van der Waals surface area contributed by atoms with E-state index in [9.17, 15) is 23.3 Å². The number of nitro benzene ring substituents is 1. The van der Waals surface area contributed by atoms with Crippen LogP contribution in [0.3, 0.4) is 0 Å². The van der Waals surface area contributed by atoms with E-state index in [1.54, 1.807) is 29.3 Å². The molecule has 1 aromatic carbocycles. The van der Waals surface area contributed by atoms with E-state index in [-0.39, 0.29) is 37.8 Å². The van der Waals surface area contributed by atoms with Gasteiger partial charge in [-0.15, -0.1) is 11.3 Å². The molecule has 1 amide bonds. The molecule has 0 atom stereocenters. The number of carbonyl (C=O) groups is 1. The number of piperazine rings is 1. The monoisotopic (exact) mass is 395 g/mol. The van der Waals surface area contributed by atoms with Crippen molar-refractivity contribution in [1.29, 1.82) is 0 Å². The molecule has 1 aliphatic heterocycles. The number of hydrogen-bond donors (Lipinski definition) is 0. The minimum absolute atomic E-state index is 0.0339. The van der Waals surface area contributed by atoms with E-state index in [0.29, 0.717) is 15.3 Å². The largest absolute Gasteiger partial charge is 0.336 e. The molecule has 1 fully saturated rings. The lowest BCUT2D eigenvalue weighted by molar-refractivity contribution is -0.385. The van der Waals surface area contributed by atoms with Crippen LogP contribution in [0.5, 0.6) is 0 Å². The summed E-state index contributed by atoms with van der Waals surface area (Å²) < 4.78 is 26.7. The van der Waals surface area contributed by atoms with Crippen LogP contribution in [-0.2, 0) is 10.0 Å². The maximum absolute atomic E-state index is 12.6. The summed E-state index contributed by atoms with van der Waals surface area (Å²) in [6, 6.07) is 7.50. The highest BCUT2D eigenvalue weighted by molar-refractivity contribution is 7.91. The summed E-state index contributed by atoms with van der Waals surface area (Å²) in [5.41, 5.74) is 0.746. The Kier molecular flexibility index (Phi) is 5.08. The first-order valence-electron chi connectivity index (χ1n) is 7.88. The highest BCUT2D eigenvalue weighted by atomic mass is 32.2. The number of thiophene rings is 1. The number of nitro groups is 1. The second-order valence-corrected chi connectivity index (χ2v) is 9.00. The van der Waals surface area contributed by atoms with Gasteiger partial charge in [-0.05, 0) is 30.5 Å². The molecule has 0 unspecified atom stereocenters. The Morgan fingerprint density at radius 3 is 2.42 bits per heavy atom. The topological polar surface area (TPSA) is 101 Å². The quantitative estimate of drug-likeness (QED) is 0.583. The lowest BCUT2D eigenvalue weighted by atomic mass is 10.1. The van der Waals surface area contributed by atoms with Crippen LogP contribution >= 0.6 is 11.3 Å². The third kappa shape index (κ3) is 3.48. The molecule has 26 heavy (non-hydrogen) atoms. The van der Waals surface area contributed by atoms with Gasteiger partial charge in [0.05, 0.1) is 4.92 Å². The molecule has 0 radical (unpaired) electrons. The van der Waals surface area contributed by atoms with E-state index in [2.05, 4.69) is 0 Å². The summed E-state index contributed by atoms with van der Waals surface area (Å²) in [5, 5.41) is 12.6. The number of sulfonamides is 1. The highest BCUT2D eigenvalue weighted by Gasteiger charge is 2.31. The first-order chi connectivity index (χ1) is 12.3. The molecule has 2 aromatic rings. The third-order valence-electron chi connectivity index (χ3n) is 4.26. The van der Waals surface area contributed by atoms with Crippen molar-refractivity contribution in [2.24, 2.45) is 0 Å². The second-order valence-electron chi connectivity index (χ2n) is 5.89. The molecule has 2 heterocycles. The molecule has 3 rings (SSSR count). The van der Waals surface area contributed by atoms with Gasteiger partial charge in [-0.2, -0.15) is 4.31 Å². The van der Waals surface area contributed by atoms with Crippen LogP contribution in [0.15, 0.2) is 39.9 Å². The van der Waals surface area contributed by atoms with Crippen LogP contribution in [0.4, 0.5) is 5.69 Å².